The monoisotopic (exact) mass is 1900 g/mol. The van der Waals surface area contributed by atoms with Gasteiger partial charge in [-0.3, -0.25) is 53.0 Å². The first-order valence-corrected chi connectivity index (χ1v) is 53.9. The van der Waals surface area contributed by atoms with E-state index in [1.807, 2.05) is 0 Å². The normalized spacial score (nSPS) is 21.8. The topological polar surface area (TPSA) is 358 Å². The summed E-state index contributed by atoms with van der Waals surface area (Å²) in [6.45, 7) is 14.6. The third-order valence-corrected chi connectivity index (χ3v) is 27.8. The molecule has 0 aromatic heterocycles. The molecule has 6 atom stereocenters. The van der Waals surface area contributed by atoms with Crippen molar-refractivity contribution in [3.05, 3.63) is 0 Å². The molecule has 6 fully saturated rings. The van der Waals surface area contributed by atoms with Crippen molar-refractivity contribution in [3.63, 3.8) is 0 Å². The standard InChI is InChI=1S/C105H181N5O24/c1-5-7-9-11-13-15-25-41-100(117)131-80-92(78-109-76-82(109)3)133-104(121)107-90-61-55-85(56-62-90)73-84-49-51-88(52-50-84)75-102(119)129-71-39-22-21-37-69-127-98(115)47-30-29-45-96(113)125-67-35-18-17-33-65-123-94(111)43-27-28-44-95(112)124-66-34-19-20-36-68-126-97(114)46-31-32-48-99(116)128-70-38-23-24-40-72-130-103(120)106-89-59-53-86(54-60-89)74-87-57-63-91(64-58-87)108-105(122)134-93(79-110-77-83(110)4)81-132-101(118)42-26-16-14-12-10-8-6-2/h82-93H,5-81H2,1-4H3,(H,106,120)(H,107,121)(H,108,122). The summed E-state index contributed by atoms with van der Waals surface area (Å²) in [6.07, 6.45) is 50.9. The van der Waals surface area contributed by atoms with E-state index in [4.69, 9.17) is 56.8 Å². The molecule has 0 radical (unpaired) electrons. The first-order chi connectivity index (χ1) is 65.2. The molecule has 0 aromatic rings. The highest BCUT2D eigenvalue weighted by Crippen LogP contribution is 2.40. The van der Waals surface area contributed by atoms with E-state index >= 15 is 0 Å². The van der Waals surface area contributed by atoms with Crippen molar-refractivity contribution in [3.8, 4) is 0 Å². The number of esters is 9. The number of hydrogen-bond donors (Lipinski definition) is 3. The zero-order chi connectivity index (χ0) is 96.1. The average Bonchev–Trinajstić information content (AvgIpc) is 1.73. The van der Waals surface area contributed by atoms with Crippen molar-refractivity contribution in [2.24, 2.45) is 29.6 Å². The van der Waals surface area contributed by atoms with Crippen molar-refractivity contribution in [1.29, 1.82) is 0 Å². The molecule has 4 aliphatic carbocycles. The van der Waals surface area contributed by atoms with Crippen molar-refractivity contribution >= 4 is 72.0 Å². The SMILES string of the molecule is CCCCCCCCCC(=O)OCC(CN1CC1C)OC(=O)NC1CCC(CC2CCC(CC(=O)OCCCCCCOC(=O)CCCCC(=O)OCCCCCCOC(=O)CCCCC(=O)OCCCCCCOC(=O)CCCCC(=O)OCCCCCCOC(=O)NC3CCC(CC4CCC(NC(=O)OC(COC(=O)CCCCCCCCC)CN5CC5C)CC4)CC3)CC2)CC1. The maximum atomic E-state index is 13.0. The summed E-state index contributed by atoms with van der Waals surface area (Å²) in [5, 5.41) is 9.29. The van der Waals surface area contributed by atoms with Gasteiger partial charge in [0.25, 0.3) is 0 Å². The number of ether oxygens (including phenoxy) is 12. The molecule has 4 saturated carbocycles. The predicted molar refractivity (Wildman–Crippen MR) is 513 cm³/mol. The summed E-state index contributed by atoms with van der Waals surface area (Å²) in [5.74, 6) is 0.643. The summed E-state index contributed by atoms with van der Waals surface area (Å²) in [7, 11) is 0. The van der Waals surface area contributed by atoms with Crippen LogP contribution in [-0.4, -0.2) is 216 Å². The first-order valence-electron chi connectivity index (χ1n) is 53.9. The minimum absolute atomic E-state index is 0.0778. The summed E-state index contributed by atoms with van der Waals surface area (Å²) in [5.41, 5.74) is 0. The van der Waals surface area contributed by atoms with Crippen LogP contribution in [0.1, 0.15) is 432 Å². The fourth-order valence-electron chi connectivity index (χ4n) is 19.0. The lowest BCUT2D eigenvalue weighted by Crippen LogP contribution is -2.42. The Labute approximate surface area is 804 Å². The number of carbonyl (C=O) groups is 12. The molecule has 0 aromatic carbocycles. The van der Waals surface area contributed by atoms with Crippen molar-refractivity contribution < 1.29 is 114 Å². The highest BCUT2D eigenvalue weighted by Gasteiger charge is 2.37. The third kappa shape index (κ3) is 60.6. The molecule has 0 spiro atoms. The largest absolute Gasteiger partial charge is 0.466 e. The van der Waals surface area contributed by atoms with Gasteiger partial charge in [-0.05, 0) is 300 Å². The Bertz CT molecular complexity index is 3000. The number of alkyl carbamates (subject to hydrolysis) is 3. The highest BCUT2D eigenvalue weighted by atomic mass is 16.6. The Morgan fingerprint density at radius 1 is 0.246 bits per heavy atom. The van der Waals surface area contributed by atoms with Crippen LogP contribution in [0, 0.1) is 29.6 Å². The number of rotatable bonds is 78. The van der Waals surface area contributed by atoms with Crippen LogP contribution in [0.3, 0.4) is 0 Å². The zero-order valence-electron chi connectivity index (χ0n) is 83.6. The van der Waals surface area contributed by atoms with Crippen LogP contribution < -0.4 is 16.0 Å². The lowest BCUT2D eigenvalue weighted by Gasteiger charge is -2.34. The van der Waals surface area contributed by atoms with Gasteiger partial charge in [-0.2, -0.15) is 0 Å². The van der Waals surface area contributed by atoms with Gasteiger partial charge in [-0.25, -0.2) is 14.4 Å². The summed E-state index contributed by atoms with van der Waals surface area (Å²) >= 11 is 0. The van der Waals surface area contributed by atoms with Crippen LogP contribution in [0.4, 0.5) is 14.4 Å². The van der Waals surface area contributed by atoms with E-state index in [9.17, 15) is 57.5 Å². The zero-order valence-corrected chi connectivity index (χ0v) is 83.6. The van der Waals surface area contributed by atoms with Gasteiger partial charge in [-0.1, -0.05) is 104 Å². The molecule has 3 amide bonds. The molecule has 29 heteroatoms. The third-order valence-electron chi connectivity index (χ3n) is 27.8. The van der Waals surface area contributed by atoms with Gasteiger partial charge < -0.3 is 72.8 Å². The van der Waals surface area contributed by atoms with Crippen LogP contribution in [0.5, 0.6) is 0 Å². The second-order valence-electron chi connectivity index (χ2n) is 39.9. The molecule has 2 heterocycles. The van der Waals surface area contributed by atoms with E-state index in [2.05, 4.69) is 53.4 Å². The van der Waals surface area contributed by atoms with Gasteiger partial charge in [0.05, 0.1) is 52.9 Å². The summed E-state index contributed by atoms with van der Waals surface area (Å²) < 4.78 is 66.2. The molecule has 0 bridgehead atoms. The molecule has 3 N–H and O–H groups in total. The number of amides is 3. The van der Waals surface area contributed by atoms with Crippen LogP contribution in [0.25, 0.3) is 0 Å². The molecule has 2 aliphatic heterocycles. The number of hydrogen-bond acceptors (Lipinski definition) is 26. The minimum atomic E-state index is -0.493. The van der Waals surface area contributed by atoms with E-state index < -0.39 is 24.4 Å². The molecule has 6 aliphatic rings. The van der Waals surface area contributed by atoms with E-state index in [0.29, 0.717) is 191 Å². The maximum Gasteiger partial charge on any atom is 0.407 e. The Kier molecular flexibility index (Phi) is 63.9. The molecule has 6 rings (SSSR count). The quantitative estimate of drug-likeness (QED) is 0.0220. The second-order valence-corrected chi connectivity index (χ2v) is 39.9. The molecule has 2 saturated heterocycles. The number of unbranched alkanes of at least 4 members (excludes halogenated alkanes) is 27. The summed E-state index contributed by atoms with van der Waals surface area (Å²) in [4.78, 5) is 154. The van der Waals surface area contributed by atoms with Crippen LogP contribution in [0.15, 0.2) is 0 Å². The average molecular weight is 1900 g/mol. The summed E-state index contributed by atoms with van der Waals surface area (Å²) in [6, 6.07) is 1.19. The van der Waals surface area contributed by atoms with Crippen molar-refractivity contribution in [2.75, 3.05) is 92.2 Å². The second kappa shape index (κ2) is 74.1. The van der Waals surface area contributed by atoms with Gasteiger partial charge in [-0.15, -0.1) is 0 Å². The van der Waals surface area contributed by atoms with Gasteiger partial charge in [0.15, 0.2) is 12.2 Å². The van der Waals surface area contributed by atoms with Gasteiger partial charge in [0.1, 0.15) is 13.2 Å². The molecule has 29 nitrogen and oxygen atoms in total. The maximum absolute atomic E-state index is 13.0. The van der Waals surface area contributed by atoms with E-state index in [1.165, 1.54) is 64.2 Å². The van der Waals surface area contributed by atoms with E-state index in [1.54, 1.807) is 0 Å². The van der Waals surface area contributed by atoms with Crippen LogP contribution in [-0.2, 0) is 100.0 Å². The molecule has 134 heavy (non-hydrogen) atoms. The van der Waals surface area contributed by atoms with Crippen molar-refractivity contribution in [2.45, 2.75) is 475 Å². The van der Waals surface area contributed by atoms with E-state index in [0.717, 1.165) is 231 Å². The lowest BCUT2D eigenvalue weighted by atomic mass is 9.74. The Balaban J connectivity index is 0.597. The van der Waals surface area contributed by atoms with Crippen LogP contribution in [0.2, 0.25) is 0 Å². The Morgan fingerprint density at radius 3 is 0.724 bits per heavy atom. The van der Waals surface area contributed by atoms with Crippen molar-refractivity contribution in [1.82, 2.24) is 25.8 Å². The Morgan fingerprint density at radius 2 is 0.455 bits per heavy atom. The highest BCUT2D eigenvalue weighted by molar-refractivity contribution is 5.73. The minimum Gasteiger partial charge on any atom is -0.466 e. The number of carbonyl (C=O) groups excluding carboxylic acids is 12. The Hall–Kier alpha value is -7.04. The number of nitrogens with zero attached hydrogens (tertiary/aromatic N) is 2. The fourth-order valence-corrected chi connectivity index (χ4v) is 19.0. The fraction of sp³-hybridized carbons (Fsp3) is 0.886. The van der Waals surface area contributed by atoms with Gasteiger partial charge in [0, 0.05) is 114 Å². The van der Waals surface area contributed by atoms with Gasteiger partial charge >= 0.3 is 72.0 Å². The van der Waals surface area contributed by atoms with Gasteiger partial charge in [0.2, 0.25) is 0 Å². The first kappa shape index (κ1) is 116. The lowest BCUT2D eigenvalue weighted by molar-refractivity contribution is -0.147. The molecular formula is C105H181N5O24. The molecule has 6 unspecified atom stereocenters. The number of nitrogens with one attached hydrogen (secondary N) is 3. The predicted octanol–water partition coefficient (Wildman–Crippen LogP) is 21.1. The molecule has 770 valence electrons. The smallest absolute Gasteiger partial charge is 0.407 e. The molecular weight excluding hydrogens is 1720 g/mol. The van der Waals surface area contributed by atoms with Crippen LogP contribution >= 0.6 is 0 Å². The van der Waals surface area contributed by atoms with E-state index in [-0.39, 0.29) is 130 Å².